The second-order valence-electron chi connectivity index (χ2n) is 5.35. The number of thiocarbonyl (C=S) groups is 1. The minimum atomic E-state index is -1.38. The molecule has 0 radical (unpaired) electrons. The predicted molar refractivity (Wildman–Crippen MR) is 102 cm³/mol. The molecule has 1 saturated heterocycles. The first-order chi connectivity index (χ1) is 12.8. The average Bonchev–Trinajstić information content (AvgIpc) is 2.91. The lowest BCUT2D eigenvalue weighted by atomic mass is 10.2. The molecule has 0 saturated carbocycles. The van der Waals surface area contributed by atoms with Gasteiger partial charge in [0.15, 0.2) is 11.5 Å². The molecule has 10 heteroatoms. The summed E-state index contributed by atoms with van der Waals surface area (Å²) in [5.74, 6) is -1.09. The van der Waals surface area contributed by atoms with Gasteiger partial charge in [0.25, 0.3) is 5.91 Å². The summed E-state index contributed by atoms with van der Waals surface area (Å²) in [6.07, 6.45) is 1.61. The number of nitrogens with zero attached hydrogens (tertiary/aromatic N) is 1. The van der Waals surface area contributed by atoms with Gasteiger partial charge in [-0.05, 0) is 23.8 Å². The van der Waals surface area contributed by atoms with Crippen LogP contribution in [0.25, 0.3) is 6.08 Å². The van der Waals surface area contributed by atoms with Crippen molar-refractivity contribution in [2.24, 2.45) is 0 Å². The van der Waals surface area contributed by atoms with Crippen LogP contribution in [-0.4, -0.2) is 54.3 Å². The molecule has 144 valence electrons. The van der Waals surface area contributed by atoms with E-state index in [9.17, 15) is 19.5 Å². The summed E-state index contributed by atoms with van der Waals surface area (Å²) in [6, 6.07) is 5.24. The Kier molecular flexibility index (Phi) is 7.19. The van der Waals surface area contributed by atoms with E-state index >= 15 is 0 Å². The topological polar surface area (TPSA) is 108 Å². The Bertz CT molecular complexity index is 809. The fourth-order valence-corrected chi connectivity index (χ4v) is 3.57. The smallest absolute Gasteiger partial charge is 0.266 e. The summed E-state index contributed by atoms with van der Waals surface area (Å²) in [5.41, 5.74) is 0.736. The second kappa shape index (κ2) is 9.38. The highest BCUT2D eigenvalue weighted by atomic mass is 32.2. The van der Waals surface area contributed by atoms with Crippen LogP contribution in [0.1, 0.15) is 12.0 Å². The number of hydrogen-bond donors (Lipinski definition) is 1. The van der Waals surface area contributed by atoms with Crippen molar-refractivity contribution in [3.05, 3.63) is 28.7 Å². The number of nitrogens with one attached hydrogen (secondary N) is 1. The van der Waals surface area contributed by atoms with Crippen LogP contribution in [0.4, 0.5) is 0 Å². The number of benzene rings is 1. The van der Waals surface area contributed by atoms with E-state index in [4.69, 9.17) is 21.7 Å². The van der Waals surface area contributed by atoms with Gasteiger partial charge >= 0.3 is 0 Å². The van der Waals surface area contributed by atoms with Gasteiger partial charge in [-0.3, -0.25) is 14.5 Å². The molecule has 2 amide bonds. The van der Waals surface area contributed by atoms with Crippen molar-refractivity contribution < 1.29 is 29.0 Å². The Morgan fingerprint density at radius 3 is 2.63 bits per heavy atom. The van der Waals surface area contributed by atoms with Crippen molar-refractivity contribution in [2.75, 3.05) is 27.3 Å². The number of amides is 2. The number of aliphatic carboxylic acids is 1. The largest absolute Gasteiger partial charge is 0.548 e. The highest BCUT2D eigenvalue weighted by molar-refractivity contribution is 8.26. The molecule has 0 aliphatic carbocycles. The molecule has 1 aromatic carbocycles. The van der Waals surface area contributed by atoms with Crippen molar-refractivity contribution in [3.8, 4) is 11.5 Å². The van der Waals surface area contributed by atoms with Gasteiger partial charge in [0.1, 0.15) is 4.32 Å². The van der Waals surface area contributed by atoms with Crippen LogP contribution < -0.4 is 19.9 Å². The van der Waals surface area contributed by atoms with Gasteiger partial charge < -0.3 is 24.7 Å². The summed E-state index contributed by atoms with van der Waals surface area (Å²) in [4.78, 5) is 36.2. The number of hydrogen-bond acceptors (Lipinski definition) is 8. The molecule has 8 nitrogen and oxygen atoms in total. The van der Waals surface area contributed by atoms with Gasteiger partial charge in [0.2, 0.25) is 5.91 Å². The van der Waals surface area contributed by atoms with E-state index in [0.29, 0.717) is 20.7 Å². The lowest BCUT2D eigenvalue weighted by Crippen LogP contribution is -2.39. The SMILES string of the molecule is COc1ccc(/C=C2/SC(=S)N(CCC(=O)NCC(=O)[O-])C2=O)cc1OC. The van der Waals surface area contributed by atoms with E-state index < -0.39 is 18.4 Å². The van der Waals surface area contributed by atoms with Gasteiger partial charge in [-0.1, -0.05) is 30.0 Å². The molecule has 1 aromatic rings. The van der Waals surface area contributed by atoms with Crippen molar-refractivity contribution in [3.63, 3.8) is 0 Å². The van der Waals surface area contributed by atoms with E-state index in [2.05, 4.69) is 5.32 Å². The van der Waals surface area contributed by atoms with Gasteiger partial charge in [-0.15, -0.1) is 0 Å². The van der Waals surface area contributed by atoms with Gasteiger partial charge in [0, 0.05) is 13.0 Å². The molecule has 1 aliphatic heterocycles. The lowest BCUT2D eigenvalue weighted by Gasteiger charge is -2.14. The molecule has 1 heterocycles. The molecular formula is C17H17N2O6S2-. The van der Waals surface area contributed by atoms with Crippen LogP contribution in [0.2, 0.25) is 0 Å². The zero-order valence-corrected chi connectivity index (χ0v) is 16.3. The number of carboxylic acid groups (broad SMARTS) is 1. The van der Waals surface area contributed by atoms with Gasteiger partial charge in [0.05, 0.1) is 31.6 Å². The van der Waals surface area contributed by atoms with E-state index in [0.717, 1.165) is 17.3 Å². The molecule has 1 N–H and O–H groups in total. The molecule has 1 aliphatic rings. The first kappa shape index (κ1) is 20.7. The zero-order chi connectivity index (χ0) is 20.0. The number of thioether (sulfide) groups is 1. The monoisotopic (exact) mass is 409 g/mol. The molecule has 0 spiro atoms. The minimum Gasteiger partial charge on any atom is -0.548 e. The summed E-state index contributed by atoms with van der Waals surface area (Å²) >= 11 is 6.33. The molecular weight excluding hydrogens is 392 g/mol. The average molecular weight is 409 g/mol. The molecule has 2 rings (SSSR count). The van der Waals surface area contributed by atoms with Gasteiger partial charge in [-0.2, -0.15) is 0 Å². The van der Waals surface area contributed by atoms with E-state index in [1.807, 2.05) is 0 Å². The number of carbonyl (C=O) groups is 3. The number of carbonyl (C=O) groups excluding carboxylic acids is 3. The fourth-order valence-electron chi connectivity index (χ4n) is 2.26. The molecule has 0 unspecified atom stereocenters. The third-order valence-electron chi connectivity index (χ3n) is 3.57. The Morgan fingerprint density at radius 1 is 1.30 bits per heavy atom. The van der Waals surface area contributed by atoms with Crippen molar-refractivity contribution in [2.45, 2.75) is 6.42 Å². The van der Waals surface area contributed by atoms with Gasteiger partial charge in [-0.25, -0.2) is 0 Å². The molecule has 27 heavy (non-hydrogen) atoms. The molecule has 0 atom stereocenters. The number of carboxylic acids is 1. The molecule has 0 aromatic heterocycles. The normalized spacial score (nSPS) is 15.2. The highest BCUT2D eigenvalue weighted by Crippen LogP contribution is 2.34. The van der Waals surface area contributed by atoms with Crippen LogP contribution in [0, 0.1) is 0 Å². The molecule has 1 fully saturated rings. The quantitative estimate of drug-likeness (QED) is 0.478. The standard InChI is InChI=1S/C17H18N2O6S2/c1-24-11-4-3-10(7-12(11)25-2)8-13-16(23)19(17(26)27-13)6-5-14(20)18-9-15(21)22/h3-4,7-8H,5-6,9H2,1-2H3,(H,18,20)(H,21,22)/p-1/b13-8+. The number of methoxy groups -OCH3 is 2. The Balaban J connectivity index is 2.05. The second-order valence-corrected chi connectivity index (χ2v) is 7.02. The Morgan fingerprint density at radius 2 is 2.00 bits per heavy atom. The predicted octanol–water partition coefficient (Wildman–Crippen LogP) is 0.161. The van der Waals surface area contributed by atoms with Crippen LogP contribution in [0.15, 0.2) is 23.1 Å². The van der Waals surface area contributed by atoms with E-state index in [-0.39, 0.29) is 18.9 Å². The minimum absolute atomic E-state index is 0.0623. The summed E-state index contributed by atoms with van der Waals surface area (Å²) in [7, 11) is 3.05. The number of rotatable bonds is 8. The van der Waals surface area contributed by atoms with Crippen LogP contribution >= 0.6 is 24.0 Å². The summed E-state index contributed by atoms with van der Waals surface area (Å²) in [5, 5.41) is 12.5. The maximum Gasteiger partial charge on any atom is 0.266 e. The number of ether oxygens (including phenoxy) is 2. The first-order valence-electron chi connectivity index (χ1n) is 7.79. The highest BCUT2D eigenvalue weighted by Gasteiger charge is 2.32. The first-order valence-corrected chi connectivity index (χ1v) is 9.02. The third kappa shape index (κ3) is 5.44. The zero-order valence-electron chi connectivity index (χ0n) is 14.6. The lowest BCUT2D eigenvalue weighted by molar-refractivity contribution is -0.304. The van der Waals surface area contributed by atoms with E-state index in [1.54, 1.807) is 24.3 Å². The Labute approximate surface area is 165 Å². The van der Waals surface area contributed by atoms with Crippen LogP contribution in [0.3, 0.4) is 0 Å². The maximum atomic E-state index is 12.5. The third-order valence-corrected chi connectivity index (χ3v) is 4.95. The summed E-state index contributed by atoms with van der Waals surface area (Å²) in [6.45, 7) is -0.511. The van der Waals surface area contributed by atoms with Crippen LogP contribution in [-0.2, 0) is 14.4 Å². The van der Waals surface area contributed by atoms with Crippen molar-refractivity contribution in [1.82, 2.24) is 10.2 Å². The summed E-state index contributed by atoms with van der Waals surface area (Å²) < 4.78 is 10.8. The van der Waals surface area contributed by atoms with Crippen molar-refractivity contribution in [1.29, 1.82) is 0 Å². The van der Waals surface area contributed by atoms with Crippen LogP contribution in [0.5, 0.6) is 11.5 Å². The fraction of sp³-hybridized carbons (Fsp3) is 0.294. The maximum absolute atomic E-state index is 12.5. The molecule has 0 bridgehead atoms. The van der Waals surface area contributed by atoms with E-state index in [1.165, 1.54) is 19.1 Å². The van der Waals surface area contributed by atoms with Crippen molar-refractivity contribution >= 4 is 52.2 Å². The Hall–Kier alpha value is -2.59.